The lowest BCUT2D eigenvalue weighted by molar-refractivity contribution is -0.313. The van der Waals surface area contributed by atoms with E-state index >= 15 is 0 Å². The second kappa shape index (κ2) is 5.81. The van der Waals surface area contributed by atoms with Crippen LogP contribution in [0.25, 0.3) is 0 Å². The van der Waals surface area contributed by atoms with Crippen molar-refractivity contribution in [1.82, 2.24) is 4.72 Å². The number of nitrogens with one attached hydrogen (secondary N) is 1. The Balaban J connectivity index is 1.64. The number of carbonyl (C=O) groups is 1. The van der Waals surface area contributed by atoms with Gasteiger partial charge in [0.25, 0.3) is 0 Å². The van der Waals surface area contributed by atoms with Gasteiger partial charge in [-0.15, -0.1) is 0 Å². The first-order valence-electron chi connectivity index (χ1n) is 9.07. The van der Waals surface area contributed by atoms with Crippen molar-refractivity contribution in [2.45, 2.75) is 56.4 Å². The Morgan fingerprint density at radius 2 is 1.56 bits per heavy atom. The molecular formula is C19H24NO4S-. The van der Waals surface area contributed by atoms with Gasteiger partial charge in [0.05, 0.1) is 16.9 Å². The number of sulfonamides is 1. The summed E-state index contributed by atoms with van der Waals surface area (Å²) in [5.41, 5.74) is 0.474. The van der Waals surface area contributed by atoms with Gasteiger partial charge in [-0.2, -0.15) is 0 Å². The number of hydrogen-bond acceptors (Lipinski definition) is 4. The number of carboxylic acids is 1. The summed E-state index contributed by atoms with van der Waals surface area (Å²) in [6.45, 7) is 1.88. The molecule has 1 aromatic rings. The van der Waals surface area contributed by atoms with Gasteiger partial charge in [-0.05, 0) is 80.8 Å². The zero-order chi connectivity index (χ0) is 17.8. The van der Waals surface area contributed by atoms with Gasteiger partial charge in [0, 0.05) is 0 Å². The average Bonchev–Trinajstić information content (AvgIpc) is 2.51. The second-order valence-electron chi connectivity index (χ2n) is 8.47. The van der Waals surface area contributed by atoms with Gasteiger partial charge in [-0.1, -0.05) is 17.7 Å². The first-order valence-corrected chi connectivity index (χ1v) is 10.6. The van der Waals surface area contributed by atoms with Crippen molar-refractivity contribution in [2.75, 3.05) is 0 Å². The molecule has 0 aromatic heterocycles. The van der Waals surface area contributed by atoms with Gasteiger partial charge < -0.3 is 9.90 Å². The Morgan fingerprint density at radius 1 is 1.08 bits per heavy atom. The SMILES string of the molecule is Cc1ccc(S(=O)(=O)N[C@H](C(=O)[O-])C23CC4CC(CC(C4)C2)C3)cc1. The average molecular weight is 362 g/mol. The van der Waals surface area contributed by atoms with Gasteiger partial charge in [0.1, 0.15) is 0 Å². The smallest absolute Gasteiger partial charge is 0.241 e. The topological polar surface area (TPSA) is 86.3 Å². The zero-order valence-electron chi connectivity index (χ0n) is 14.4. The van der Waals surface area contributed by atoms with Crippen LogP contribution in [-0.4, -0.2) is 20.4 Å². The molecule has 1 N–H and O–H groups in total. The van der Waals surface area contributed by atoms with E-state index < -0.39 is 27.4 Å². The predicted octanol–water partition coefficient (Wildman–Crippen LogP) is 1.61. The maximum absolute atomic E-state index is 12.7. The molecule has 1 aromatic carbocycles. The molecular weight excluding hydrogens is 338 g/mol. The number of carbonyl (C=O) groups excluding carboxylic acids is 1. The van der Waals surface area contributed by atoms with Crippen LogP contribution in [0.3, 0.4) is 0 Å². The van der Waals surface area contributed by atoms with E-state index in [0.717, 1.165) is 24.8 Å². The van der Waals surface area contributed by atoms with Crippen LogP contribution >= 0.6 is 0 Å². The first kappa shape index (κ1) is 17.0. The molecule has 1 atom stereocenters. The molecule has 0 amide bonds. The van der Waals surface area contributed by atoms with Gasteiger partial charge >= 0.3 is 0 Å². The summed E-state index contributed by atoms with van der Waals surface area (Å²) in [6, 6.07) is 5.32. The summed E-state index contributed by atoms with van der Waals surface area (Å²) < 4.78 is 28.0. The van der Waals surface area contributed by atoms with Gasteiger partial charge in [0.2, 0.25) is 10.0 Å². The van der Waals surface area contributed by atoms with Crippen molar-refractivity contribution in [1.29, 1.82) is 0 Å². The largest absolute Gasteiger partial charge is 0.548 e. The molecule has 4 fully saturated rings. The van der Waals surface area contributed by atoms with E-state index in [1.54, 1.807) is 12.1 Å². The van der Waals surface area contributed by atoms with Crippen molar-refractivity contribution >= 4 is 16.0 Å². The molecule has 6 heteroatoms. The Hall–Kier alpha value is -1.40. The summed E-state index contributed by atoms with van der Waals surface area (Å²) in [6.07, 6.45) is 5.91. The third-order valence-corrected chi connectivity index (χ3v) is 7.98. The number of hydrogen-bond donors (Lipinski definition) is 1. The minimum absolute atomic E-state index is 0.106. The molecule has 0 unspecified atom stereocenters. The molecule has 4 aliphatic carbocycles. The van der Waals surface area contributed by atoms with Crippen molar-refractivity contribution in [2.24, 2.45) is 23.2 Å². The Kier molecular flexibility index (Phi) is 3.96. The fourth-order valence-electron chi connectivity index (χ4n) is 5.89. The second-order valence-corrected chi connectivity index (χ2v) is 10.2. The summed E-state index contributed by atoms with van der Waals surface area (Å²) in [5.74, 6) is 0.323. The number of aryl methyl sites for hydroxylation is 1. The minimum atomic E-state index is -3.89. The van der Waals surface area contributed by atoms with E-state index in [1.807, 2.05) is 6.92 Å². The van der Waals surface area contributed by atoms with E-state index in [1.165, 1.54) is 31.4 Å². The molecule has 0 radical (unpaired) electrons. The molecule has 0 spiro atoms. The van der Waals surface area contributed by atoms with Crippen LogP contribution < -0.4 is 9.83 Å². The quantitative estimate of drug-likeness (QED) is 0.862. The Morgan fingerprint density at radius 3 is 2.00 bits per heavy atom. The van der Waals surface area contributed by atoms with E-state index in [9.17, 15) is 18.3 Å². The summed E-state index contributed by atoms with van der Waals surface area (Å²) >= 11 is 0. The Bertz CT molecular complexity index is 749. The number of aliphatic carboxylic acids is 1. The normalized spacial score (nSPS) is 34.8. The number of benzene rings is 1. The highest BCUT2D eigenvalue weighted by atomic mass is 32.2. The molecule has 136 valence electrons. The summed E-state index contributed by atoms with van der Waals surface area (Å²) in [4.78, 5) is 12.0. The lowest BCUT2D eigenvalue weighted by Crippen LogP contribution is -2.62. The monoisotopic (exact) mass is 362 g/mol. The van der Waals surface area contributed by atoms with Crippen LogP contribution in [0.4, 0.5) is 0 Å². The third kappa shape index (κ3) is 2.99. The van der Waals surface area contributed by atoms with Crippen molar-refractivity contribution in [3.63, 3.8) is 0 Å². The maximum atomic E-state index is 12.7. The van der Waals surface area contributed by atoms with Gasteiger partial charge in [-0.3, -0.25) is 0 Å². The molecule has 25 heavy (non-hydrogen) atoms. The van der Waals surface area contributed by atoms with Gasteiger partial charge in [-0.25, -0.2) is 13.1 Å². The maximum Gasteiger partial charge on any atom is 0.241 e. The molecule has 0 aliphatic heterocycles. The molecule has 0 saturated heterocycles. The number of rotatable bonds is 5. The highest BCUT2D eigenvalue weighted by Gasteiger charge is 2.55. The molecule has 4 saturated carbocycles. The fourth-order valence-corrected chi connectivity index (χ4v) is 7.18. The minimum Gasteiger partial charge on any atom is -0.548 e. The highest BCUT2D eigenvalue weighted by Crippen LogP contribution is 2.61. The van der Waals surface area contributed by atoms with Crippen molar-refractivity contribution < 1.29 is 18.3 Å². The third-order valence-electron chi connectivity index (χ3n) is 6.54. The van der Waals surface area contributed by atoms with E-state index in [4.69, 9.17) is 0 Å². The first-order chi connectivity index (χ1) is 11.8. The predicted molar refractivity (Wildman–Crippen MR) is 90.9 cm³/mol. The molecule has 5 nitrogen and oxygen atoms in total. The van der Waals surface area contributed by atoms with Crippen LogP contribution in [-0.2, 0) is 14.8 Å². The van der Waals surface area contributed by atoms with Crippen LogP contribution in [0.15, 0.2) is 29.2 Å². The molecule has 4 bridgehead atoms. The number of carboxylic acid groups (broad SMARTS) is 1. The van der Waals surface area contributed by atoms with E-state index in [0.29, 0.717) is 17.8 Å². The summed E-state index contributed by atoms with van der Waals surface area (Å²) in [5, 5.41) is 11.9. The zero-order valence-corrected chi connectivity index (χ0v) is 15.2. The molecule has 0 heterocycles. The van der Waals surface area contributed by atoms with Crippen LogP contribution in [0.5, 0.6) is 0 Å². The fraction of sp³-hybridized carbons (Fsp3) is 0.632. The van der Waals surface area contributed by atoms with Gasteiger partial charge in [0.15, 0.2) is 0 Å². The lowest BCUT2D eigenvalue weighted by atomic mass is 9.48. The Labute approximate surface area is 148 Å². The van der Waals surface area contributed by atoms with Crippen LogP contribution in [0.1, 0.15) is 44.1 Å². The van der Waals surface area contributed by atoms with Crippen molar-refractivity contribution in [3.05, 3.63) is 29.8 Å². The molecule has 5 rings (SSSR count). The summed E-state index contributed by atoms with van der Waals surface area (Å²) in [7, 11) is -3.89. The lowest BCUT2D eigenvalue weighted by Gasteiger charge is -2.59. The molecule has 4 aliphatic rings. The van der Waals surface area contributed by atoms with E-state index in [-0.39, 0.29) is 4.90 Å². The van der Waals surface area contributed by atoms with Crippen LogP contribution in [0.2, 0.25) is 0 Å². The van der Waals surface area contributed by atoms with Crippen molar-refractivity contribution in [3.8, 4) is 0 Å². The van der Waals surface area contributed by atoms with E-state index in [2.05, 4.69) is 4.72 Å². The highest BCUT2D eigenvalue weighted by molar-refractivity contribution is 7.89. The standard InChI is InChI=1S/C19H25NO4S/c1-12-2-4-16(5-3-12)25(23,24)20-17(18(21)22)19-9-13-6-14(10-19)8-15(7-13)11-19/h2-5,13-15,17,20H,6-11H2,1H3,(H,21,22)/p-1/t13?,14?,15?,17-,19?/m1/s1. The van der Waals surface area contributed by atoms with Crippen LogP contribution in [0, 0.1) is 30.1 Å².